The molecule has 2 amide bonds. The number of β-lactam (4-membered cyclic amide) rings is 1. The van der Waals surface area contributed by atoms with Gasteiger partial charge in [0.1, 0.15) is 23.4 Å². The van der Waals surface area contributed by atoms with Crippen molar-refractivity contribution in [3.63, 3.8) is 0 Å². The number of thioether (sulfide) groups is 1. The second-order valence-corrected chi connectivity index (χ2v) is 11.1. The van der Waals surface area contributed by atoms with Gasteiger partial charge in [-0.3, -0.25) is 14.5 Å². The van der Waals surface area contributed by atoms with Crippen LogP contribution < -0.4 is 10.1 Å². The lowest BCUT2D eigenvalue weighted by Crippen LogP contribution is -2.79. The second-order valence-electron chi connectivity index (χ2n) is 9.14. The summed E-state index contributed by atoms with van der Waals surface area (Å²) in [6.45, 7) is 5.77. The molecule has 0 saturated carbocycles. The van der Waals surface area contributed by atoms with E-state index in [2.05, 4.69) is 16.9 Å². The molecule has 8 nitrogen and oxygen atoms in total. The van der Waals surface area contributed by atoms with E-state index in [1.807, 2.05) is 49.4 Å². The van der Waals surface area contributed by atoms with E-state index < -0.39 is 22.8 Å². The summed E-state index contributed by atoms with van der Waals surface area (Å²) < 4.78 is 10.9. The van der Waals surface area contributed by atoms with Crippen LogP contribution in [0.15, 0.2) is 78.5 Å². The van der Waals surface area contributed by atoms with Gasteiger partial charge in [-0.15, -0.1) is 29.7 Å². The summed E-state index contributed by atoms with van der Waals surface area (Å²) in [5.74, 6) is -0.197. The number of nitrogens with zero attached hydrogens (tertiary/aromatic N) is 2. The van der Waals surface area contributed by atoms with Crippen molar-refractivity contribution in [1.29, 1.82) is 0 Å². The maximum absolute atomic E-state index is 13.8. The number of thiazole rings is 1. The highest BCUT2D eigenvalue weighted by molar-refractivity contribution is 8.00. The topological polar surface area (TPSA) is 97.8 Å². The first-order valence-electron chi connectivity index (χ1n) is 12.3. The molecule has 1 unspecified atom stereocenters. The standard InChI is InChI=1S/C29H27N3O5S2/c1-4-29(31-23(33)14-19-8-6-5-7-9-19)27(35)32-24(22(16-38-28(29)32)25-18(2)30-17-39-25)26(34)37-15-20-10-12-21(36-3)13-11-20/h4-13,17,28H,1,14-16H2,2-3H3,(H,31,33)/t28-,29?/m0/s1. The Morgan fingerprint density at radius 3 is 2.56 bits per heavy atom. The smallest absolute Gasteiger partial charge is 0.355 e. The summed E-state index contributed by atoms with van der Waals surface area (Å²) in [6, 6.07) is 16.5. The molecule has 39 heavy (non-hydrogen) atoms. The Balaban J connectivity index is 1.41. The summed E-state index contributed by atoms with van der Waals surface area (Å²) in [5.41, 5.74) is 3.65. The lowest BCUT2D eigenvalue weighted by molar-refractivity contribution is -0.157. The van der Waals surface area contributed by atoms with Crippen molar-refractivity contribution in [1.82, 2.24) is 15.2 Å². The van der Waals surface area contributed by atoms with Crippen LogP contribution in [0.5, 0.6) is 5.75 Å². The van der Waals surface area contributed by atoms with E-state index in [9.17, 15) is 14.4 Å². The lowest BCUT2D eigenvalue weighted by atomic mass is 9.85. The molecule has 0 bridgehead atoms. The minimum Gasteiger partial charge on any atom is -0.497 e. The lowest BCUT2D eigenvalue weighted by Gasteiger charge is -2.56. The zero-order chi connectivity index (χ0) is 27.6. The molecule has 3 heterocycles. The van der Waals surface area contributed by atoms with Crippen LogP contribution in [0.1, 0.15) is 21.7 Å². The SMILES string of the molecule is C=CC1(NC(=O)Cc2ccccc2)C(=O)N2C(C(=O)OCc3ccc(OC)cc3)=C(c3scnc3C)CS[C@H]21. The molecule has 2 aliphatic rings. The first kappa shape index (κ1) is 26.7. The number of hydrogen-bond acceptors (Lipinski definition) is 8. The molecular formula is C29H27N3O5S2. The zero-order valence-corrected chi connectivity index (χ0v) is 23.1. The van der Waals surface area contributed by atoms with Crippen LogP contribution in [0.3, 0.4) is 0 Å². The molecule has 1 fully saturated rings. The number of ether oxygens (including phenoxy) is 2. The van der Waals surface area contributed by atoms with Gasteiger partial charge in [0.05, 0.1) is 29.6 Å². The van der Waals surface area contributed by atoms with Crippen molar-refractivity contribution in [3.05, 3.63) is 100 Å². The third kappa shape index (κ3) is 4.97. The van der Waals surface area contributed by atoms with Crippen molar-refractivity contribution >= 4 is 46.5 Å². The van der Waals surface area contributed by atoms with Gasteiger partial charge < -0.3 is 14.8 Å². The van der Waals surface area contributed by atoms with Crippen LogP contribution in [-0.2, 0) is 32.1 Å². The quantitative estimate of drug-likeness (QED) is 0.239. The van der Waals surface area contributed by atoms with Crippen LogP contribution >= 0.6 is 23.1 Å². The number of rotatable bonds is 9. The Labute approximate surface area is 234 Å². The highest BCUT2D eigenvalue weighted by Crippen LogP contribution is 2.49. The van der Waals surface area contributed by atoms with Crippen LogP contribution in [0, 0.1) is 6.92 Å². The van der Waals surface area contributed by atoms with E-state index in [4.69, 9.17) is 9.47 Å². The van der Waals surface area contributed by atoms with E-state index in [1.165, 1.54) is 34.1 Å². The normalized spacial score (nSPS) is 20.1. The molecule has 10 heteroatoms. The highest BCUT2D eigenvalue weighted by atomic mass is 32.2. The number of fused-ring (bicyclic) bond motifs is 1. The molecule has 3 aromatic rings. The Kier molecular flexibility index (Phi) is 7.58. The number of esters is 1. The van der Waals surface area contributed by atoms with E-state index in [-0.39, 0.29) is 24.6 Å². The first-order valence-corrected chi connectivity index (χ1v) is 14.2. The average Bonchev–Trinajstić information content (AvgIpc) is 3.39. The summed E-state index contributed by atoms with van der Waals surface area (Å²) in [7, 11) is 1.58. The van der Waals surface area contributed by atoms with E-state index >= 15 is 0 Å². The molecule has 1 N–H and O–H groups in total. The van der Waals surface area contributed by atoms with E-state index in [0.29, 0.717) is 17.1 Å². The highest BCUT2D eigenvalue weighted by Gasteiger charge is 2.64. The molecule has 1 aromatic heterocycles. The fourth-order valence-electron chi connectivity index (χ4n) is 4.69. The molecule has 0 radical (unpaired) electrons. The van der Waals surface area contributed by atoms with Gasteiger partial charge in [0.15, 0.2) is 5.54 Å². The van der Waals surface area contributed by atoms with Crippen molar-refractivity contribution in [2.45, 2.75) is 30.9 Å². The summed E-state index contributed by atoms with van der Waals surface area (Å²) >= 11 is 2.88. The number of carbonyl (C=O) groups is 3. The monoisotopic (exact) mass is 561 g/mol. The third-order valence-corrected chi connectivity index (χ3v) is 9.07. The Morgan fingerprint density at radius 1 is 1.18 bits per heavy atom. The van der Waals surface area contributed by atoms with Gasteiger partial charge in [-0.1, -0.05) is 48.5 Å². The van der Waals surface area contributed by atoms with Gasteiger partial charge in [-0.2, -0.15) is 0 Å². The number of aryl methyl sites for hydroxylation is 1. The Bertz CT molecular complexity index is 1450. The van der Waals surface area contributed by atoms with Gasteiger partial charge in [-0.05, 0) is 30.2 Å². The molecule has 2 aromatic carbocycles. The van der Waals surface area contributed by atoms with Crippen molar-refractivity contribution in [2.24, 2.45) is 0 Å². The molecule has 5 rings (SSSR count). The predicted molar refractivity (Wildman–Crippen MR) is 151 cm³/mol. The number of aromatic nitrogens is 1. The van der Waals surface area contributed by atoms with Crippen LogP contribution in [0.25, 0.3) is 5.57 Å². The fraction of sp³-hybridized carbons (Fsp3) is 0.241. The number of methoxy groups -OCH3 is 1. The maximum Gasteiger partial charge on any atom is 0.355 e. The van der Waals surface area contributed by atoms with E-state index in [1.54, 1.807) is 24.8 Å². The average molecular weight is 562 g/mol. The van der Waals surface area contributed by atoms with Crippen LogP contribution in [0.4, 0.5) is 0 Å². The number of carbonyl (C=O) groups excluding carboxylic acids is 3. The summed E-state index contributed by atoms with van der Waals surface area (Å²) in [4.78, 5) is 46.9. The molecule has 200 valence electrons. The van der Waals surface area contributed by atoms with Crippen molar-refractivity contribution in [3.8, 4) is 5.75 Å². The second kappa shape index (κ2) is 11.1. The minimum absolute atomic E-state index is 0.0293. The number of amides is 2. The zero-order valence-electron chi connectivity index (χ0n) is 21.5. The minimum atomic E-state index is -1.33. The van der Waals surface area contributed by atoms with Crippen LogP contribution in [0.2, 0.25) is 0 Å². The molecule has 0 aliphatic carbocycles. The summed E-state index contributed by atoms with van der Waals surface area (Å²) in [6.07, 6.45) is 1.59. The molecular weight excluding hydrogens is 534 g/mol. The van der Waals surface area contributed by atoms with Gasteiger partial charge in [-0.25, -0.2) is 9.78 Å². The summed E-state index contributed by atoms with van der Waals surface area (Å²) in [5, 5.41) is 2.36. The molecule has 2 aliphatic heterocycles. The molecule has 1 saturated heterocycles. The Morgan fingerprint density at radius 2 is 1.92 bits per heavy atom. The third-order valence-electron chi connectivity index (χ3n) is 6.73. The largest absolute Gasteiger partial charge is 0.497 e. The predicted octanol–water partition coefficient (Wildman–Crippen LogP) is 4.11. The number of nitrogens with one attached hydrogen (secondary N) is 1. The molecule has 2 atom stereocenters. The maximum atomic E-state index is 13.8. The van der Waals surface area contributed by atoms with Gasteiger partial charge in [0.2, 0.25) is 5.91 Å². The van der Waals surface area contributed by atoms with Gasteiger partial charge in [0.25, 0.3) is 5.91 Å². The van der Waals surface area contributed by atoms with Crippen molar-refractivity contribution in [2.75, 3.05) is 12.9 Å². The fourth-order valence-corrected chi connectivity index (χ4v) is 7.10. The van der Waals surface area contributed by atoms with Gasteiger partial charge in [0, 0.05) is 11.3 Å². The van der Waals surface area contributed by atoms with Gasteiger partial charge >= 0.3 is 5.97 Å². The Hall–Kier alpha value is -3.89. The number of hydrogen-bond donors (Lipinski definition) is 1. The van der Waals surface area contributed by atoms with E-state index in [0.717, 1.165) is 21.7 Å². The van der Waals surface area contributed by atoms with Crippen LogP contribution in [-0.4, -0.2) is 51.4 Å². The number of benzene rings is 2. The molecule has 0 spiro atoms. The first-order chi connectivity index (χ1) is 18.9. The van der Waals surface area contributed by atoms with Crippen molar-refractivity contribution < 1.29 is 23.9 Å².